The molecule has 0 unspecified atom stereocenters. The van der Waals surface area contributed by atoms with Crippen LogP contribution in [0.15, 0.2) is 130 Å². The third-order valence-electron chi connectivity index (χ3n) is 19.0. The fourth-order valence-corrected chi connectivity index (χ4v) is 13.8. The number of aryl methyl sites for hydroxylation is 5. The zero-order valence-electron chi connectivity index (χ0n) is 60.3. The Balaban J connectivity index is 0.000000125. The normalized spacial score (nSPS) is 13.1. The van der Waals surface area contributed by atoms with E-state index >= 15 is 0 Å². The highest BCUT2D eigenvalue weighted by Crippen LogP contribution is 2.37. The van der Waals surface area contributed by atoms with Crippen molar-refractivity contribution in [2.75, 3.05) is 41.0 Å². The highest BCUT2D eigenvalue weighted by atomic mass is 16.5. The highest BCUT2D eigenvalue weighted by molar-refractivity contribution is 6.46. The van der Waals surface area contributed by atoms with Gasteiger partial charge in [-0.1, -0.05) is 18.2 Å². The number of para-hydroxylation sites is 1. The molecule has 3 aliphatic rings. The quantitative estimate of drug-likeness (QED) is 0.0849. The molecule has 18 rings (SSSR count). The molecule has 3 N–H and O–H groups in total. The van der Waals surface area contributed by atoms with Gasteiger partial charge in [-0.3, -0.25) is 28.8 Å². The summed E-state index contributed by atoms with van der Waals surface area (Å²) in [6.45, 7) is 11.0. The number of hydrogen-bond donors (Lipinski definition) is 3. The Morgan fingerprint density at radius 2 is 0.800 bits per heavy atom. The molecule has 15 aromatic rings. The van der Waals surface area contributed by atoms with Crippen molar-refractivity contribution in [3.8, 4) is 52.2 Å². The smallest absolute Gasteiger partial charge is 0.295 e. The standard InChI is InChI=1S/C25H24N10O3.C25H22N8O3.C23H20N10O3/c1-13-7-20(31-15(3)30-13)35-18-5-6-33(11-16(18)8-29-35)25(37)23(36)17-9-26-22-21(17)19(38-4)10-27-24(22)34-12-28-14(2)32-34;1-15-28-14-32(30-15)24-22-21(20(36-2)12-27-24)18(11-26-22)23(34)25(35)31-9-8-19-16(13-31)10-29-33(19)17-6-4-3-5-7-17;1-13-28-12-32(30-13)21-19-18(17(36-2)10-27-21)15(9-26-19)20(34)22(35)31-7-4-16-14(11-31)8-29-33(16)23-24-5-3-6-25-23/h7-10,12,26H,5-6,11H2,1-4H3;3-7,10-12,14,26H,8-9,13H2,1-2H3;3,5-6,8-10,12,26H,4,7,11H2,1-2H3. The fraction of sp³-hybridized carbons (Fsp3) is 0.233. The van der Waals surface area contributed by atoms with E-state index in [1.54, 1.807) is 77.0 Å². The molecule has 0 saturated carbocycles. The summed E-state index contributed by atoms with van der Waals surface area (Å²) in [7, 11) is 4.47. The molecule has 3 amide bonds. The van der Waals surface area contributed by atoms with Gasteiger partial charge < -0.3 is 43.9 Å². The molecule has 552 valence electrons. The van der Waals surface area contributed by atoms with Crippen LogP contribution >= 0.6 is 0 Å². The van der Waals surface area contributed by atoms with Gasteiger partial charge in [-0.05, 0) is 52.8 Å². The van der Waals surface area contributed by atoms with Crippen LogP contribution in [0, 0.1) is 34.6 Å². The van der Waals surface area contributed by atoms with E-state index in [1.807, 2.05) is 54.9 Å². The van der Waals surface area contributed by atoms with Crippen LogP contribution in [-0.4, -0.2) is 214 Å². The summed E-state index contributed by atoms with van der Waals surface area (Å²) in [6, 6.07) is 13.5. The number of aromatic nitrogens is 25. The number of ketones is 3. The fourth-order valence-electron chi connectivity index (χ4n) is 13.8. The lowest BCUT2D eigenvalue weighted by Crippen LogP contribution is -2.40. The number of nitrogens with one attached hydrogen (secondary N) is 3. The second-order valence-corrected chi connectivity index (χ2v) is 25.8. The maximum Gasteiger partial charge on any atom is 0.295 e. The summed E-state index contributed by atoms with van der Waals surface area (Å²) in [5.41, 5.74) is 9.58. The maximum absolute atomic E-state index is 13.5. The van der Waals surface area contributed by atoms with Crippen LogP contribution in [0.2, 0.25) is 0 Å². The third kappa shape index (κ3) is 12.7. The number of ether oxygens (including phenoxy) is 3. The summed E-state index contributed by atoms with van der Waals surface area (Å²) in [5, 5.41) is 27.7. The van der Waals surface area contributed by atoms with Crippen molar-refractivity contribution in [2.24, 2.45) is 0 Å². The number of carbonyl (C=O) groups excluding carboxylic acids is 6. The van der Waals surface area contributed by atoms with E-state index in [2.05, 4.69) is 95.4 Å². The van der Waals surface area contributed by atoms with E-state index in [4.69, 9.17) is 14.2 Å². The molecular formula is C73H66N28O9. The van der Waals surface area contributed by atoms with Crippen LogP contribution in [-0.2, 0) is 53.3 Å². The van der Waals surface area contributed by atoms with Crippen LogP contribution in [0.4, 0.5) is 0 Å². The Labute approximate surface area is 622 Å². The number of Topliss-reactive ketones (excluding diaryl/α,β-unsaturated/α-hetero) is 3. The van der Waals surface area contributed by atoms with Gasteiger partial charge >= 0.3 is 0 Å². The average molecular weight is 1480 g/mol. The van der Waals surface area contributed by atoms with E-state index < -0.39 is 35.1 Å². The number of H-pyrrole nitrogens is 3. The second-order valence-electron chi connectivity index (χ2n) is 25.8. The highest BCUT2D eigenvalue weighted by Gasteiger charge is 2.36. The zero-order valence-corrected chi connectivity index (χ0v) is 60.3. The number of amides is 3. The molecule has 37 heteroatoms. The van der Waals surface area contributed by atoms with Crippen LogP contribution < -0.4 is 14.2 Å². The molecule has 17 heterocycles. The number of fused-ring (bicyclic) bond motifs is 6. The van der Waals surface area contributed by atoms with Gasteiger partial charge in [-0.25, -0.2) is 77.9 Å². The number of carbonyl (C=O) groups is 6. The number of rotatable bonds is 15. The number of methoxy groups -OCH3 is 3. The predicted molar refractivity (Wildman–Crippen MR) is 389 cm³/mol. The second kappa shape index (κ2) is 28.7. The average Bonchev–Trinajstić information content (AvgIpc) is 1.60. The molecule has 0 atom stereocenters. The van der Waals surface area contributed by atoms with Crippen LogP contribution in [0.1, 0.15) is 93.8 Å². The molecule has 14 aromatic heterocycles. The van der Waals surface area contributed by atoms with Crippen molar-refractivity contribution in [1.29, 1.82) is 0 Å². The predicted octanol–water partition coefficient (Wildman–Crippen LogP) is 5.44. The largest absolute Gasteiger partial charge is 0.494 e. The van der Waals surface area contributed by atoms with Crippen molar-refractivity contribution >= 4 is 67.8 Å². The minimum Gasteiger partial charge on any atom is -0.494 e. The van der Waals surface area contributed by atoms with Gasteiger partial charge in [-0.15, -0.1) is 0 Å². The summed E-state index contributed by atoms with van der Waals surface area (Å²) >= 11 is 0. The molecule has 0 radical (unpaired) electrons. The molecule has 1 aromatic carbocycles. The first-order chi connectivity index (χ1) is 53.4. The van der Waals surface area contributed by atoms with Gasteiger partial charge in [-0.2, -0.15) is 30.6 Å². The lowest BCUT2D eigenvalue weighted by molar-refractivity contribution is -0.127. The number of nitrogens with zero attached hydrogens (tertiary/aromatic N) is 25. The van der Waals surface area contributed by atoms with Crippen molar-refractivity contribution in [2.45, 2.75) is 73.5 Å². The Morgan fingerprint density at radius 3 is 1.18 bits per heavy atom. The van der Waals surface area contributed by atoms with E-state index in [0.29, 0.717) is 148 Å². The van der Waals surface area contributed by atoms with Crippen molar-refractivity contribution < 1.29 is 43.0 Å². The first kappa shape index (κ1) is 69.7. The van der Waals surface area contributed by atoms with Crippen LogP contribution in [0.5, 0.6) is 17.2 Å². The summed E-state index contributed by atoms with van der Waals surface area (Å²) in [4.78, 5) is 137. The van der Waals surface area contributed by atoms with Crippen LogP contribution in [0.25, 0.3) is 67.6 Å². The number of hydrogen-bond acceptors (Lipinski definition) is 25. The number of benzene rings is 1. The Kier molecular flexibility index (Phi) is 18.1. The lowest BCUT2D eigenvalue weighted by atomic mass is 10.0. The van der Waals surface area contributed by atoms with Gasteiger partial charge in [0.2, 0.25) is 0 Å². The summed E-state index contributed by atoms with van der Waals surface area (Å²) in [6.07, 6.45) is 23.8. The Bertz CT molecular complexity index is 5870. The molecule has 0 bridgehead atoms. The van der Waals surface area contributed by atoms with E-state index in [9.17, 15) is 28.8 Å². The molecule has 37 nitrogen and oxygen atoms in total. The van der Waals surface area contributed by atoms with Gasteiger partial charge in [0.25, 0.3) is 41.0 Å². The molecule has 0 saturated heterocycles. The van der Waals surface area contributed by atoms with Gasteiger partial charge in [0.1, 0.15) is 59.5 Å². The Morgan fingerprint density at radius 1 is 0.418 bits per heavy atom. The van der Waals surface area contributed by atoms with E-state index in [1.165, 1.54) is 96.4 Å². The van der Waals surface area contributed by atoms with Crippen molar-refractivity contribution in [3.63, 3.8) is 0 Å². The monoisotopic (exact) mass is 1480 g/mol. The van der Waals surface area contributed by atoms with E-state index in [-0.39, 0.29) is 29.8 Å². The van der Waals surface area contributed by atoms with Crippen molar-refractivity contribution in [3.05, 3.63) is 209 Å². The van der Waals surface area contributed by atoms with Gasteiger partial charge in [0, 0.05) is 118 Å². The minimum absolute atomic E-state index is 0.200. The SMILES string of the molecule is COc1cnc(-n2cnc(C)n2)c2[nH]cc(C(=O)C(=O)N3CCc4c(cnn4-c4cc(C)nc(C)n4)C3)c12.COc1cnc(-n2cnc(C)n2)c2[nH]cc(C(=O)C(=O)N3CCc4c(cnn4-c4ccccc4)C3)c12.COc1cnc(-n2cnc(C)n2)c2[nH]cc(C(=O)C(=O)N3CCc4c(cnn4-c4ncccn4)C3)c12. The van der Waals surface area contributed by atoms with Gasteiger partial charge in [0.15, 0.2) is 23.3 Å². The first-order valence-corrected chi connectivity index (χ1v) is 34.6. The topological polar surface area (TPSA) is 423 Å². The number of aromatic amines is 3. The van der Waals surface area contributed by atoms with Crippen LogP contribution in [0.3, 0.4) is 0 Å². The van der Waals surface area contributed by atoms with E-state index in [0.717, 1.165) is 45.2 Å². The molecule has 0 spiro atoms. The summed E-state index contributed by atoms with van der Waals surface area (Å²) < 4.78 is 26.3. The summed E-state index contributed by atoms with van der Waals surface area (Å²) in [5.74, 6) is 2.31. The molecule has 110 heavy (non-hydrogen) atoms. The molecule has 0 aliphatic carbocycles. The molecule has 0 fully saturated rings. The van der Waals surface area contributed by atoms with Gasteiger partial charge in [0.05, 0.1) is 131 Å². The maximum atomic E-state index is 13.5. The zero-order chi connectivity index (χ0) is 76.2. The third-order valence-corrected chi connectivity index (χ3v) is 19.0. The number of pyridine rings is 3. The lowest BCUT2D eigenvalue weighted by Gasteiger charge is -2.26. The Hall–Kier alpha value is -14.7. The molecule has 3 aliphatic heterocycles. The minimum atomic E-state index is -0.645. The first-order valence-electron chi connectivity index (χ1n) is 34.6. The van der Waals surface area contributed by atoms with Crippen molar-refractivity contribution in [1.82, 2.24) is 138 Å². The molecular weight excluding hydrogens is 1410 g/mol.